The number of alkyl halides is 1. The largest absolute Gasteiger partial charge is 0.482 e. The van der Waals surface area contributed by atoms with Crippen molar-refractivity contribution in [2.24, 2.45) is 0 Å². The zero-order valence-electron chi connectivity index (χ0n) is 12.4. The Balaban J connectivity index is 1.98. The van der Waals surface area contributed by atoms with E-state index in [1.807, 2.05) is 55.5 Å². The fourth-order valence-corrected chi connectivity index (χ4v) is 3.07. The van der Waals surface area contributed by atoms with E-state index >= 15 is 4.39 Å². The average Bonchev–Trinajstić information content (AvgIpc) is 2.74. The molecule has 2 nitrogen and oxygen atoms in total. The number of hydrogen-bond donors (Lipinski definition) is 1. The summed E-state index contributed by atoms with van der Waals surface area (Å²) in [5.41, 5.74) is 1.60. The molecule has 0 spiro atoms. The first-order chi connectivity index (χ1) is 10.1. The van der Waals surface area contributed by atoms with Crippen LogP contribution in [0.25, 0.3) is 0 Å². The number of para-hydroxylation sites is 1. The third-order valence-corrected chi connectivity index (χ3v) is 4.10. The van der Waals surface area contributed by atoms with Crippen LogP contribution >= 0.6 is 0 Å². The molecule has 1 aliphatic carbocycles. The van der Waals surface area contributed by atoms with Crippen LogP contribution in [0.15, 0.2) is 48.5 Å². The van der Waals surface area contributed by atoms with E-state index < -0.39 is 11.8 Å². The van der Waals surface area contributed by atoms with Crippen molar-refractivity contribution in [3.63, 3.8) is 0 Å². The van der Waals surface area contributed by atoms with Gasteiger partial charge in [-0.1, -0.05) is 42.5 Å². The molecule has 2 unspecified atom stereocenters. The van der Waals surface area contributed by atoms with Crippen molar-refractivity contribution in [3.05, 3.63) is 65.2 Å². The number of fused-ring (bicyclic) bond motifs is 1. The van der Waals surface area contributed by atoms with E-state index in [-0.39, 0.29) is 6.54 Å². The summed E-state index contributed by atoms with van der Waals surface area (Å²) in [6.45, 7) is 2.26. The first-order valence-corrected chi connectivity index (χ1v) is 7.28. The van der Waals surface area contributed by atoms with Gasteiger partial charge in [-0.05, 0) is 36.7 Å². The Labute approximate surface area is 125 Å². The summed E-state index contributed by atoms with van der Waals surface area (Å²) in [4.78, 5) is 0. The molecule has 0 saturated heterocycles. The summed E-state index contributed by atoms with van der Waals surface area (Å²) in [5, 5.41) is 2.96. The van der Waals surface area contributed by atoms with Gasteiger partial charge < -0.3 is 10.1 Å². The summed E-state index contributed by atoms with van der Waals surface area (Å²) in [7, 11) is 1.77. The topological polar surface area (TPSA) is 21.3 Å². The van der Waals surface area contributed by atoms with Gasteiger partial charge in [0, 0.05) is 13.0 Å². The van der Waals surface area contributed by atoms with Gasteiger partial charge in [0.25, 0.3) is 0 Å². The second-order valence-corrected chi connectivity index (χ2v) is 5.70. The summed E-state index contributed by atoms with van der Waals surface area (Å²) in [5.74, 6) is 0.748. The Morgan fingerprint density at radius 3 is 2.67 bits per heavy atom. The molecule has 2 aromatic rings. The average molecular weight is 285 g/mol. The van der Waals surface area contributed by atoms with Crippen molar-refractivity contribution in [2.75, 3.05) is 13.6 Å². The predicted molar refractivity (Wildman–Crippen MR) is 82.5 cm³/mol. The zero-order chi connectivity index (χ0) is 14.9. The molecule has 2 aromatic carbocycles. The van der Waals surface area contributed by atoms with Gasteiger partial charge in [0.15, 0.2) is 11.8 Å². The lowest BCUT2D eigenvalue weighted by Crippen LogP contribution is -2.41. The van der Waals surface area contributed by atoms with E-state index in [0.717, 1.165) is 22.4 Å². The maximum absolute atomic E-state index is 15.4. The third-order valence-electron chi connectivity index (χ3n) is 4.10. The van der Waals surface area contributed by atoms with Crippen molar-refractivity contribution in [1.82, 2.24) is 5.32 Å². The molecule has 0 bridgehead atoms. The molecule has 0 fully saturated rings. The van der Waals surface area contributed by atoms with Crippen molar-refractivity contribution >= 4 is 0 Å². The fourth-order valence-electron chi connectivity index (χ4n) is 3.07. The number of nitrogens with one attached hydrogen (secondary N) is 1. The smallest absolute Gasteiger partial charge is 0.168 e. The van der Waals surface area contributed by atoms with Crippen LogP contribution in [0.2, 0.25) is 0 Å². The van der Waals surface area contributed by atoms with Crippen LogP contribution in [0, 0.1) is 6.92 Å². The lowest BCUT2D eigenvalue weighted by atomic mass is 9.99. The molecule has 0 amide bonds. The van der Waals surface area contributed by atoms with E-state index in [2.05, 4.69) is 5.32 Å². The van der Waals surface area contributed by atoms with Crippen LogP contribution in [0.3, 0.4) is 0 Å². The first kappa shape index (κ1) is 14.1. The monoisotopic (exact) mass is 285 g/mol. The molecule has 0 radical (unpaired) electrons. The Kier molecular flexibility index (Phi) is 3.68. The van der Waals surface area contributed by atoms with Crippen LogP contribution < -0.4 is 10.1 Å². The molecule has 3 rings (SSSR count). The van der Waals surface area contributed by atoms with E-state index in [0.29, 0.717) is 6.42 Å². The Hall–Kier alpha value is -1.87. The van der Waals surface area contributed by atoms with Gasteiger partial charge in [-0.25, -0.2) is 4.39 Å². The second-order valence-electron chi connectivity index (χ2n) is 5.70. The molecule has 2 atom stereocenters. The second kappa shape index (κ2) is 5.49. The van der Waals surface area contributed by atoms with Gasteiger partial charge in [0.2, 0.25) is 0 Å². The minimum Gasteiger partial charge on any atom is -0.482 e. The summed E-state index contributed by atoms with van der Waals surface area (Å²) >= 11 is 0. The molecule has 0 saturated carbocycles. The first-order valence-electron chi connectivity index (χ1n) is 7.28. The quantitative estimate of drug-likeness (QED) is 0.926. The molecule has 0 heterocycles. The minimum atomic E-state index is -1.42. The highest BCUT2D eigenvalue weighted by Crippen LogP contribution is 2.44. The number of benzene rings is 2. The molecule has 110 valence electrons. The highest BCUT2D eigenvalue weighted by Gasteiger charge is 2.48. The fraction of sp³-hybridized carbons (Fsp3) is 0.333. The third kappa shape index (κ3) is 2.54. The summed E-state index contributed by atoms with van der Waals surface area (Å²) in [6, 6.07) is 15.6. The van der Waals surface area contributed by atoms with E-state index in [9.17, 15) is 0 Å². The highest BCUT2D eigenvalue weighted by molar-refractivity contribution is 5.41. The lowest BCUT2D eigenvalue weighted by Gasteiger charge is -2.29. The van der Waals surface area contributed by atoms with E-state index in [4.69, 9.17) is 4.74 Å². The van der Waals surface area contributed by atoms with E-state index in [1.54, 1.807) is 7.05 Å². The van der Waals surface area contributed by atoms with Crippen molar-refractivity contribution in [1.29, 1.82) is 0 Å². The van der Waals surface area contributed by atoms with E-state index in [1.165, 1.54) is 0 Å². The van der Waals surface area contributed by atoms with Gasteiger partial charge in [0.1, 0.15) is 5.75 Å². The molecule has 1 N–H and O–H groups in total. The molecule has 0 aromatic heterocycles. The Bertz CT molecular complexity index is 643. The summed E-state index contributed by atoms with van der Waals surface area (Å²) < 4.78 is 21.5. The van der Waals surface area contributed by atoms with Crippen molar-refractivity contribution in [2.45, 2.75) is 25.1 Å². The minimum absolute atomic E-state index is 0.276. The SMILES string of the molecule is CNCC1(F)Cc2ccccc2C1Oc1ccccc1C. The molecule has 21 heavy (non-hydrogen) atoms. The molecular formula is C18H20FNO. The summed E-state index contributed by atoms with van der Waals surface area (Å²) in [6.07, 6.45) is -0.178. The molecule has 0 aliphatic heterocycles. The maximum atomic E-state index is 15.4. The Morgan fingerprint density at radius 1 is 1.19 bits per heavy atom. The van der Waals surface area contributed by atoms with Crippen LogP contribution in [-0.4, -0.2) is 19.3 Å². The Morgan fingerprint density at radius 2 is 1.90 bits per heavy atom. The number of aryl methyl sites for hydroxylation is 1. The maximum Gasteiger partial charge on any atom is 0.168 e. The lowest BCUT2D eigenvalue weighted by molar-refractivity contribution is 0.0228. The van der Waals surface area contributed by atoms with Gasteiger partial charge in [-0.15, -0.1) is 0 Å². The normalized spacial score (nSPS) is 23.9. The van der Waals surface area contributed by atoms with Crippen LogP contribution in [0.1, 0.15) is 22.8 Å². The molecule has 3 heteroatoms. The van der Waals surface area contributed by atoms with Gasteiger partial charge in [-0.3, -0.25) is 0 Å². The zero-order valence-corrected chi connectivity index (χ0v) is 12.4. The van der Waals surface area contributed by atoms with Gasteiger partial charge >= 0.3 is 0 Å². The van der Waals surface area contributed by atoms with Crippen LogP contribution in [-0.2, 0) is 6.42 Å². The standard InChI is InChI=1S/C18H20FNO/c1-13-7-3-6-10-16(13)21-17-15-9-5-4-8-14(15)11-18(17,19)12-20-2/h3-10,17,20H,11-12H2,1-2H3. The number of hydrogen-bond acceptors (Lipinski definition) is 2. The highest BCUT2D eigenvalue weighted by atomic mass is 19.1. The van der Waals surface area contributed by atoms with Crippen molar-refractivity contribution < 1.29 is 9.13 Å². The van der Waals surface area contributed by atoms with Crippen molar-refractivity contribution in [3.8, 4) is 5.75 Å². The molecule has 1 aliphatic rings. The van der Waals surface area contributed by atoms with Gasteiger partial charge in [-0.2, -0.15) is 0 Å². The van der Waals surface area contributed by atoms with Crippen LogP contribution in [0.5, 0.6) is 5.75 Å². The molecular weight excluding hydrogens is 265 g/mol. The number of halogens is 1. The number of ether oxygens (including phenoxy) is 1. The predicted octanol–water partition coefficient (Wildman–Crippen LogP) is 3.60. The van der Waals surface area contributed by atoms with Gasteiger partial charge in [0.05, 0.1) is 0 Å². The number of rotatable bonds is 4. The van der Waals surface area contributed by atoms with Crippen LogP contribution in [0.4, 0.5) is 4.39 Å².